The number of furan rings is 1. The van der Waals surface area contributed by atoms with Crippen LogP contribution in [0.1, 0.15) is 18.7 Å². The fraction of sp³-hybridized carbons (Fsp3) is 0.182. The van der Waals surface area contributed by atoms with Gasteiger partial charge in [-0.15, -0.1) is 0 Å². The summed E-state index contributed by atoms with van der Waals surface area (Å²) in [5, 5.41) is 2.74. The molecule has 0 saturated carbocycles. The first-order valence-electron chi connectivity index (χ1n) is 9.39. The van der Waals surface area contributed by atoms with E-state index in [1.165, 1.54) is 6.92 Å². The van der Waals surface area contributed by atoms with Gasteiger partial charge in [-0.3, -0.25) is 4.79 Å². The second kappa shape index (κ2) is 8.30. The highest BCUT2D eigenvalue weighted by atomic mass is 16.5. The number of anilines is 2. The Labute approximate surface area is 173 Å². The lowest BCUT2D eigenvalue weighted by Crippen LogP contribution is -2.44. The number of aliphatic imine (C=N–C) groups is 1. The Hall–Kier alpha value is -3.78. The van der Waals surface area contributed by atoms with E-state index < -0.39 is 6.17 Å². The van der Waals surface area contributed by atoms with E-state index in [9.17, 15) is 4.79 Å². The molecule has 1 aliphatic rings. The number of methoxy groups -OCH3 is 1. The number of rotatable bonds is 6. The van der Waals surface area contributed by atoms with Crippen LogP contribution in [0, 0.1) is 0 Å². The van der Waals surface area contributed by atoms with Gasteiger partial charge in [0.15, 0.2) is 5.84 Å². The fourth-order valence-corrected chi connectivity index (χ4v) is 3.27. The number of ether oxygens (including phenoxy) is 2. The third-order valence-corrected chi connectivity index (χ3v) is 4.65. The lowest BCUT2D eigenvalue weighted by Gasteiger charge is -2.34. The van der Waals surface area contributed by atoms with Crippen LogP contribution < -0.4 is 25.4 Å². The van der Waals surface area contributed by atoms with Gasteiger partial charge in [0.05, 0.1) is 18.9 Å². The molecule has 8 nitrogen and oxygen atoms in total. The molecule has 30 heavy (non-hydrogen) atoms. The number of nitrogens with two attached hydrogens (primary N) is 1. The van der Waals surface area contributed by atoms with Crippen molar-refractivity contribution >= 4 is 29.0 Å². The third-order valence-electron chi connectivity index (χ3n) is 4.65. The van der Waals surface area contributed by atoms with Gasteiger partial charge in [0.25, 0.3) is 0 Å². The van der Waals surface area contributed by atoms with Crippen LogP contribution >= 0.6 is 0 Å². The highest BCUT2D eigenvalue weighted by Crippen LogP contribution is 2.36. The van der Waals surface area contributed by atoms with Gasteiger partial charge in [0.2, 0.25) is 11.8 Å². The normalized spacial score (nSPS) is 15.2. The number of nitrogens with zero attached hydrogens (tertiary/aromatic N) is 2. The van der Waals surface area contributed by atoms with Crippen LogP contribution in [0.2, 0.25) is 0 Å². The van der Waals surface area contributed by atoms with Crippen LogP contribution in [-0.2, 0) is 4.79 Å². The van der Waals surface area contributed by atoms with Crippen LogP contribution in [0.4, 0.5) is 17.3 Å². The van der Waals surface area contributed by atoms with Gasteiger partial charge in [-0.25, -0.2) is 0 Å². The molecule has 1 aromatic heterocycles. The molecule has 3 N–H and O–H groups in total. The van der Waals surface area contributed by atoms with Gasteiger partial charge in [-0.1, -0.05) is 6.07 Å². The molecule has 1 aliphatic heterocycles. The summed E-state index contributed by atoms with van der Waals surface area (Å²) in [6, 6.07) is 16.5. The van der Waals surface area contributed by atoms with Gasteiger partial charge >= 0.3 is 0 Å². The van der Waals surface area contributed by atoms with Crippen molar-refractivity contribution in [2.75, 3.05) is 23.9 Å². The van der Waals surface area contributed by atoms with E-state index in [0.29, 0.717) is 23.2 Å². The lowest BCUT2D eigenvalue weighted by molar-refractivity contribution is -0.114. The molecule has 0 bridgehead atoms. The summed E-state index contributed by atoms with van der Waals surface area (Å²) < 4.78 is 16.7. The first-order chi connectivity index (χ1) is 14.5. The van der Waals surface area contributed by atoms with E-state index in [1.807, 2.05) is 41.3 Å². The average Bonchev–Trinajstić information content (AvgIpc) is 3.21. The summed E-state index contributed by atoms with van der Waals surface area (Å²) in [6.07, 6.45) is 1.09. The molecule has 0 radical (unpaired) electrons. The van der Waals surface area contributed by atoms with Crippen LogP contribution in [-0.4, -0.2) is 25.5 Å². The molecule has 3 aromatic rings. The maximum absolute atomic E-state index is 11.3. The Balaban J connectivity index is 1.61. The SMILES string of the molecule is COc1ccc(N2C(COc3cccc(NC(C)=O)c3)=Nc3occc3C2N)cc1. The molecular weight excluding hydrogens is 384 g/mol. The van der Waals surface area contributed by atoms with Crippen LogP contribution in [0.15, 0.2) is 70.3 Å². The van der Waals surface area contributed by atoms with Crippen molar-refractivity contribution in [3.63, 3.8) is 0 Å². The van der Waals surface area contributed by atoms with E-state index in [-0.39, 0.29) is 12.5 Å². The Kier molecular flexibility index (Phi) is 5.40. The van der Waals surface area contributed by atoms with Crippen molar-refractivity contribution in [1.29, 1.82) is 0 Å². The third kappa shape index (κ3) is 3.99. The van der Waals surface area contributed by atoms with Gasteiger partial charge in [0, 0.05) is 24.4 Å². The first-order valence-corrected chi connectivity index (χ1v) is 9.39. The van der Waals surface area contributed by atoms with Crippen molar-refractivity contribution < 1.29 is 18.7 Å². The first kappa shape index (κ1) is 19.5. The predicted molar refractivity (Wildman–Crippen MR) is 114 cm³/mol. The molecule has 0 aliphatic carbocycles. The number of amidine groups is 1. The van der Waals surface area contributed by atoms with Crippen LogP contribution in [0.25, 0.3) is 0 Å². The zero-order chi connectivity index (χ0) is 21.1. The second-order valence-corrected chi connectivity index (χ2v) is 6.72. The van der Waals surface area contributed by atoms with Gasteiger partial charge in [-0.05, 0) is 42.5 Å². The van der Waals surface area contributed by atoms with E-state index in [4.69, 9.17) is 19.6 Å². The zero-order valence-electron chi connectivity index (χ0n) is 16.7. The molecule has 2 heterocycles. The molecule has 2 aromatic carbocycles. The van der Waals surface area contributed by atoms with Gasteiger partial charge < -0.3 is 29.8 Å². The van der Waals surface area contributed by atoms with Crippen molar-refractivity contribution in [2.45, 2.75) is 13.1 Å². The Morgan fingerprint density at radius 2 is 2.00 bits per heavy atom. The highest BCUT2D eigenvalue weighted by Gasteiger charge is 2.30. The van der Waals surface area contributed by atoms with Gasteiger partial charge in [0.1, 0.15) is 24.3 Å². The summed E-state index contributed by atoms with van der Waals surface area (Å²) in [7, 11) is 1.62. The minimum Gasteiger partial charge on any atom is -0.497 e. The van der Waals surface area contributed by atoms with E-state index in [1.54, 1.807) is 31.6 Å². The number of fused-ring (bicyclic) bond motifs is 1. The number of hydrogen-bond acceptors (Lipinski definition) is 7. The molecule has 4 rings (SSSR count). The molecular formula is C22H22N4O4. The summed E-state index contributed by atoms with van der Waals surface area (Å²) >= 11 is 0. The maximum Gasteiger partial charge on any atom is 0.226 e. The van der Waals surface area contributed by atoms with Crippen molar-refractivity contribution in [1.82, 2.24) is 0 Å². The maximum atomic E-state index is 11.3. The monoisotopic (exact) mass is 406 g/mol. The topological polar surface area (TPSA) is 102 Å². The summed E-state index contributed by atoms with van der Waals surface area (Å²) in [5.41, 5.74) is 8.83. The van der Waals surface area contributed by atoms with Crippen molar-refractivity contribution in [3.8, 4) is 11.5 Å². The summed E-state index contributed by atoms with van der Waals surface area (Å²) in [6.45, 7) is 1.61. The smallest absolute Gasteiger partial charge is 0.226 e. The van der Waals surface area contributed by atoms with Crippen molar-refractivity contribution in [2.24, 2.45) is 10.7 Å². The Morgan fingerprint density at radius 1 is 1.20 bits per heavy atom. The van der Waals surface area contributed by atoms with Gasteiger partial charge in [-0.2, -0.15) is 4.99 Å². The zero-order valence-corrected chi connectivity index (χ0v) is 16.7. The molecule has 1 amide bonds. The highest BCUT2D eigenvalue weighted by molar-refractivity contribution is 6.02. The lowest BCUT2D eigenvalue weighted by atomic mass is 10.1. The Bertz CT molecular complexity index is 1070. The molecule has 0 saturated heterocycles. The summed E-state index contributed by atoms with van der Waals surface area (Å²) in [5.74, 6) is 2.26. The summed E-state index contributed by atoms with van der Waals surface area (Å²) in [4.78, 5) is 17.8. The van der Waals surface area contributed by atoms with E-state index in [2.05, 4.69) is 10.3 Å². The molecule has 0 fully saturated rings. The van der Waals surface area contributed by atoms with Crippen LogP contribution in [0.5, 0.6) is 11.5 Å². The number of amides is 1. The van der Waals surface area contributed by atoms with E-state index in [0.717, 1.165) is 17.0 Å². The van der Waals surface area contributed by atoms with Crippen LogP contribution in [0.3, 0.4) is 0 Å². The minimum absolute atomic E-state index is 0.147. The minimum atomic E-state index is -0.478. The van der Waals surface area contributed by atoms with Crippen molar-refractivity contribution in [3.05, 3.63) is 66.4 Å². The predicted octanol–water partition coefficient (Wildman–Crippen LogP) is 3.83. The fourth-order valence-electron chi connectivity index (χ4n) is 3.27. The standard InChI is InChI=1S/C22H22N4O4/c1-14(27)24-15-4-3-5-18(12-15)30-13-20-25-22-19(10-11-29-22)21(23)26(20)16-6-8-17(28-2)9-7-16/h3-12,21H,13,23H2,1-2H3,(H,24,27). The number of benzene rings is 2. The molecule has 154 valence electrons. The second-order valence-electron chi connectivity index (χ2n) is 6.72. The quantitative estimate of drug-likeness (QED) is 0.645. The number of carbonyl (C=O) groups excluding carboxylic acids is 1. The number of hydrogen-bond donors (Lipinski definition) is 2. The van der Waals surface area contributed by atoms with E-state index >= 15 is 0 Å². The number of carbonyl (C=O) groups is 1. The molecule has 1 unspecified atom stereocenters. The number of nitrogens with one attached hydrogen (secondary N) is 1. The average molecular weight is 406 g/mol. The largest absolute Gasteiger partial charge is 0.497 e. The molecule has 8 heteroatoms. The Morgan fingerprint density at radius 3 is 2.73 bits per heavy atom. The molecule has 0 spiro atoms. The molecule has 1 atom stereocenters.